The quantitative estimate of drug-likeness (QED) is 0.288. The first-order chi connectivity index (χ1) is 8.04. The number of carbonyl (C=O) groups excluding carboxylic acids is 1. The monoisotopic (exact) mass is 354 g/mol. The molecule has 0 N–H and O–H groups in total. The number of unbranched alkanes of at least 4 members (excludes halogenated alkanes) is 1. The van der Waals surface area contributed by atoms with Crippen LogP contribution < -0.4 is 0 Å². The van der Waals surface area contributed by atoms with Gasteiger partial charge in [-0.1, -0.05) is 22.4 Å². The van der Waals surface area contributed by atoms with Crippen LogP contribution in [0.1, 0.15) is 26.7 Å². The Balaban J connectivity index is 3.72. The second-order valence-electron chi connectivity index (χ2n) is 5.99. The summed E-state index contributed by atoms with van der Waals surface area (Å²) < 4.78 is 10.7. The van der Waals surface area contributed by atoms with Crippen LogP contribution in [0, 0.1) is 0 Å². The van der Waals surface area contributed by atoms with Crippen molar-refractivity contribution in [3.63, 3.8) is 0 Å². The van der Waals surface area contributed by atoms with Crippen LogP contribution in [-0.4, -0.2) is 34.3 Å². The van der Waals surface area contributed by atoms with E-state index in [1.54, 1.807) is 13.8 Å². The lowest BCUT2D eigenvalue weighted by molar-refractivity contribution is -0.145. The van der Waals surface area contributed by atoms with Gasteiger partial charge in [0.15, 0.2) is 17.4 Å². The van der Waals surface area contributed by atoms with E-state index in [1.165, 1.54) is 0 Å². The molecule has 0 spiro atoms. The van der Waals surface area contributed by atoms with E-state index in [9.17, 15) is 4.79 Å². The van der Waals surface area contributed by atoms with Crippen molar-refractivity contribution in [2.24, 2.45) is 0 Å². The highest BCUT2D eigenvalue weighted by Crippen LogP contribution is 2.19. The van der Waals surface area contributed by atoms with Crippen molar-refractivity contribution >= 4 is 39.3 Å². The van der Waals surface area contributed by atoms with Gasteiger partial charge < -0.3 is 8.85 Å². The highest BCUT2D eigenvalue weighted by atomic mass is 79.9. The van der Waals surface area contributed by atoms with Crippen LogP contribution in [0.4, 0.5) is 0 Å². The van der Waals surface area contributed by atoms with Crippen LogP contribution >= 0.6 is 15.9 Å². The Hall–Kier alpha value is 0.344. The third-order valence-electron chi connectivity index (χ3n) is 2.45. The van der Waals surface area contributed by atoms with Crippen molar-refractivity contribution in [1.29, 1.82) is 0 Å². The molecule has 0 aliphatic rings. The number of hydrogen-bond acceptors (Lipinski definition) is 3. The highest BCUT2D eigenvalue weighted by Gasteiger charge is 2.25. The van der Waals surface area contributed by atoms with Gasteiger partial charge in [0, 0.05) is 0 Å². The van der Waals surface area contributed by atoms with Crippen LogP contribution in [0.5, 0.6) is 0 Å². The minimum atomic E-state index is -1.47. The van der Waals surface area contributed by atoms with Crippen molar-refractivity contribution in [2.75, 3.05) is 6.61 Å². The Morgan fingerprint density at radius 2 is 1.83 bits per heavy atom. The van der Waals surface area contributed by atoms with Crippen LogP contribution in [0.15, 0.2) is 0 Å². The zero-order chi connectivity index (χ0) is 14.4. The molecule has 0 saturated carbocycles. The van der Waals surface area contributed by atoms with Crippen LogP contribution in [0.3, 0.4) is 0 Å². The first kappa shape index (κ1) is 18.3. The van der Waals surface area contributed by atoms with E-state index in [1.807, 2.05) is 0 Å². The summed E-state index contributed by atoms with van der Waals surface area (Å²) in [6, 6.07) is 1.15. The van der Waals surface area contributed by atoms with Gasteiger partial charge in [-0.2, -0.15) is 0 Å². The molecule has 0 rings (SSSR count). The van der Waals surface area contributed by atoms with Crippen LogP contribution in [0.2, 0.25) is 32.2 Å². The molecule has 18 heavy (non-hydrogen) atoms. The molecule has 0 unspecified atom stereocenters. The summed E-state index contributed by atoms with van der Waals surface area (Å²) >= 11 is 3.29. The van der Waals surface area contributed by atoms with Crippen LogP contribution in [0.25, 0.3) is 0 Å². The van der Waals surface area contributed by atoms with E-state index >= 15 is 0 Å². The van der Waals surface area contributed by atoms with Gasteiger partial charge >= 0.3 is 5.97 Å². The Morgan fingerprint density at radius 1 is 1.28 bits per heavy atom. The molecule has 0 aromatic heterocycles. The van der Waals surface area contributed by atoms with E-state index in [0.29, 0.717) is 6.61 Å². The van der Waals surface area contributed by atoms with E-state index in [-0.39, 0.29) is 5.97 Å². The third-order valence-corrected chi connectivity index (χ3v) is 8.77. The average molecular weight is 355 g/mol. The second-order valence-corrected chi connectivity index (χ2v) is 15.0. The van der Waals surface area contributed by atoms with Gasteiger partial charge in [0.2, 0.25) is 0 Å². The molecule has 0 bridgehead atoms. The van der Waals surface area contributed by atoms with Crippen molar-refractivity contribution in [3.05, 3.63) is 0 Å². The normalized spacial score (nSPS) is 12.9. The Morgan fingerprint density at radius 3 is 2.28 bits per heavy atom. The topological polar surface area (TPSA) is 35.5 Å². The Labute approximate surface area is 123 Å². The molecule has 0 atom stereocenters. The summed E-state index contributed by atoms with van der Waals surface area (Å²) in [7, 11) is -2.39. The molecular formula is C12H27BrO3Si2. The molecular weight excluding hydrogens is 328 g/mol. The fourth-order valence-electron chi connectivity index (χ4n) is 1.69. The summed E-state index contributed by atoms with van der Waals surface area (Å²) in [5.74, 6) is -0.190. The maximum atomic E-state index is 11.5. The zero-order valence-corrected chi connectivity index (χ0v) is 16.2. The number of alkyl halides is 1. The van der Waals surface area contributed by atoms with Crippen molar-refractivity contribution in [3.8, 4) is 0 Å². The van der Waals surface area contributed by atoms with Gasteiger partial charge in [0.25, 0.3) is 0 Å². The minimum Gasteiger partial charge on any atom is -0.465 e. The molecule has 0 saturated heterocycles. The zero-order valence-electron chi connectivity index (χ0n) is 12.5. The lowest BCUT2D eigenvalue weighted by Crippen LogP contribution is -2.35. The Bertz CT molecular complexity index is 263. The fraction of sp³-hybridized carbons (Fsp3) is 0.917. The molecule has 0 aromatic rings. The Kier molecular flexibility index (Phi) is 7.97. The number of esters is 1. The standard InChI is InChI=1S/C12H27BrO3Si2/c1-12(2,13)11(14)15-9-7-8-10-18(5,6)16-17(3)4/h17H,7-10H2,1-6H3. The van der Waals surface area contributed by atoms with E-state index in [4.69, 9.17) is 8.85 Å². The number of hydrogen-bond donors (Lipinski definition) is 0. The molecule has 6 heteroatoms. The lowest BCUT2D eigenvalue weighted by Gasteiger charge is -2.25. The van der Waals surface area contributed by atoms with E-state index < -0.39 is 21.7 Å². The number of rotatable bonds is 8. The molecule has 108 valence electrons. The fourth-order valence-corrected chi connectivity index (χ4v) is 8.48. The van der Waals surface area contributed by atoms with Crippen molar-refractivity contribution in [2.45, 2.75) is 63.2 Å². The van der Waals surface area contributed by atoms with Crippen molar-refractivity contribution < 1.29 is 13.6 Å². The first-order valence-electron chi connectivity index (χ1n) is 6.58. The second kappa shape index (κ2) is 7.82. The van der Waals surface area contributed by atoms with Gasteiger partial charge in [-0.05, 0) is 52.5 Å². The average Bonchev–Trinajstić information content (AvgIpc) is 2.12. The maximum Gasteiger partial charge on any atom is 0.322 e. The van der Waals surface area contributed by atoms with Gasteiger partial charge in [0.1, 0.15) is 4.32 Å². The van der Waals surface area contributed by atoms with Crippen LogP contribution in [-0.2, 0) is 13.6 Å². The highest BCUT2D eigenvalue weighted by molar-refractivity contribution is 9.10. The molecule has 0 heterocycles. The SMILES string of the molecule is C[SiH](C)O[Si](C)(C)CCCCOC(=O)C(C)(C)Br. The smallest absolute Gasteiger partial charge is 0.322 e. The molecule has 0 aliphatic heterocycles. The summed E-state index contributed by atoms with van der Waals surface area (Å²) in [5.41, 5.74) is 0. The molecule has 0 aliphatic carbocycles. The molecule has 3 nitrogen and oxygen atoms in total. The predicted molar refractivity (Wildman–Crippen MR) is 85.5 cm³/mol. The number of ether oxygens (including phenoxy) is 1. The lowest BCUT2D eigenvalue weighted by atomic mass is 10.2. The third kappa shape index (κ3) is 9.30. The molecule has 0 aromatic carbocycles. The molecule has 0 fully saturated rings. The number of carbonyl (C=O) groups is 1. The van der Waals surface area contributed by atoms with Gasteiger partial charge in [-0.25, -0.2) is 0 Å². The van der Waals surface area contributed by atoms with Gasteiger partial charge in [-0.15, -0.1) is 0 Å². The van der Waals surface area contributed by atoms with E-state index in [0.717, 1.165) is 18.9 Å². The number of halogens is 1. The first-order valence-corrected chi connectivity index (χ1v) is 13.3. The summed E-state index contributed by atoms with van der Waals surface area (Å²) in [5, 5.41) is 0. The predicted octanol–water partition coefficient (Wildman–Crippen LogP) is 3.69. The summed E-state index contributed by atoms with van der Waals surface area (Å²) in [6.45, 7) is 13.1. The van der Waals surface area contributed by atoms with Gasteiger partial charge in [0.05, 0.1) is 6.61 Å². The molecule has 0 radical (unpaired) electrons. The largest absolute Gasteiger partial charge is 0.465 e. The minimum absolute atomic E-state index is 0.190. The van der Waals surface area contributed by atoms with Crippen molar-refractivity contribution in [1.82, 2.24) is 0 Å². The summed E-state index contributed by atoms with van der Waals surface area (Å²) in [6.07, 6.45) is 2.00. The molecule has 0 amide bonds. The van der Waals surface area contributed by atoms with Gasteiger partial charge in [-0.3, -0.25) is 4.79 Å². The summed E-state index contributed by atoms with van der Waals surface area (Å²) in [4.78, 5) is 11.5. The van der Waals surface area contributed by atoms with E-state index in [2.05, 4.69) is 42.1 Å². The maximum absolute atomic E-state index is 11.5.